The molecule has 9 heteroatoms. The molecule has 214 valence electrons. The van der Waals surface area contributed by atoms with Gasteiger partial charge in [-0.1, -0.05) is 96.8 Å². The minimum atomic E-state index is -3.15. The number of quaternary nitrogens is 1. The summed E-state index contributed by atoms with van der Waals surface area (Å²) in [4.78, 5) is 14.4. The maximum atomic E-state index is 5.26. The molecule has 0 aliphatic heterocycles. The molecule has 0 rings (SSSR count). The summed E-state index contributed by atoms with van der Waals surface area (Å²) in [5.74, 6) is 0. The fourth-order valence-electron chi connectivity index (χ4n) is 4.47. The number of nitrogens with zero attached hydrogens (tertiary/aromatic N) is 1. The van der Waals surface area contributed by atoms with Crippen LogP contribution in [0.4, 0.5) is 0 Å². The first kappa shape index (κ1) is 37.4. The average Bonchev–Trinajstić information content (AvgIpc) is 2.79. The highest BCUT2D eigenvalue weighted by Crippen LogP contribution is 2.20. The number of halogens is 1. The minimum Gasteiger partial charge on any atom is -1.00 e. The van der Waals surface area contributed by atoms with Gasteiger partial charge in [0.05, 0.1) is 48.5 Å². The second-order valence-electron chi connectivity index (χ2n) is 10.2. The summed E-state index contributed by atoms with van der Waals surface area (Å²) >= 11 is 0. The van der Waals surface area contributed by atoms with Crippen molar-refractivity contribution in [2.24, 2.45) is 0 Å². The van der Waals surface area contributed by atoms with Gasteiger partial charge in [-0.2, -0.15) is 0 Å². The van der Waals surface area contributed by atoms with E-state index in [1.54, 1.807) is 0 Å². The van der Waals surface area contributed by atoms with Crippen LogP contribution in [-0.4, -0.2) is 61.8 Å². The van der Waals surface area contributed by atoms with E-state index in [1.807, 2.05) is 0 Å². The molecule has 0 aromatic carbocycles. The standard InChI is InChI=1S/C26H58NO6Si.ClH/c1-7-8-9-10-11-12-13-14-15-16-17-18-19-20-21-22-24-27(2,3)25-23-26-34(31-28-4,32-29-5)33-30-6;/h7-26H2,1-6H3;1H/q+1;/p-1. The topological polar surface area (TPSA) is 55.4 Å². The molecule has 0 amide bonds. The monoisotopic (exact) mass is 543 g/mol. The molecule has 0 spiro atoms. The molecule has 0 aromatic heterocycles. The van der Waals surface area contributed by atoms with Crippen molar-refractivity contribution >= 4 is 8.80 Å². The lowest BCUT2D eigenvalue weighted by molar-refractivity contribution is -0.890. The van der Waals surface area contributed by atoms with Gasteiger partial charge in [0.2, 0.25) is 0 Å². The van der Waals surface area contributed by atoms with E-state index in [0.29, 0.717) is 6.04 Å². The predicted molar refractivity (Wildman–Crippen MR) is 141 cm³/mol. The van der Waals surface area contributed by atoms with Crippen LogP contribution in [0, 0.1) is 0 Å². The quantitative estimate of drug-likeness (QED) is 0.0503. The Morgan fingerprint density at radius 1 is 0.486 bits per heavy atom. The van der Waals surface area contributed by atoms with Gasteiger partial charge in [0, 0.05) is 12.5 Å². The largest absolute Gasteiger partial charge is 1.00 e. The number of hydrogen-bond acceptors (Lipinski definition) is 6. The summed E-state index contributed by atoms with van der Waals surface area (Å²) in [6.45, 7) is 4.46. The molecule has 0 radical (unpaired) electrons. The van der Waals surface area contributed by atoms with Crippen LogP contribution < -0.4 is 12.4 Å². The summed E-state index contributed by atoms with van der Waals surface area (Å²) in [5.41, 5.74) is 0. The van der Waals surface area contributed by atoms with E-state index in [4.69, 9.17) is 28.4 Å². The summed E-state index contributed by atoms with van der Waals surface area (Å²) in [5, 5.41) is 0. The van der Waals surface area contributed by atoms with Gasteiger partial charge >= 0.3 is 8.80 Å². The Labute approximate surface area is 224 Å². The van der Waals surface area contributed by atoms with Crippen LogP contribution in [-0.2, 0) is 28.4 Å². The van der Waals surface area contributed by atoms with E-state index in [2.05, 4.69) is 21.0 Å². The molecule has 0 saturated carbocycles. The van der Waals surface area contributed by atoms with Crippen LogP contribution in [0.25, 0.3) is 0 Å². The maximum absolute atomic E-state index is 5.26. The molecule has 35 heavy (non-hydrogen) atoms. The Morgan fingerprint density at radius 2 is 0.800 bits per heavy atom. The third-order valence-electron chi connectivity index (χ3n) is 6.49. The van der Waals surface area contributed by atoms with Gasteiger partial charge in [0.25, 0.3) is 0 Å². The van der Waals surface area contributed by atoms with Crippen LogP contribution in [0.5, 0.6) is 0 Å². The normalized spacial score (nSPS) is 12.2. The van der Waals surface area contributed by atoms with Crippen LogP contribution in [0.15, 0.2) is 0 Å². The van der Waals surface area contributed by atoms with Crippen LogP contribution in [0.3, 0.4) is 0 Å². The molecule has 0 fully saturated rings. The molecule has 0 aliphatic carbocycles. The summed E-state index contributed by atoms with van der Waals surface area (Å²) in [6, 6.07) is 0.559. The van der Waals surface area contributed by atoms with Crippen molar-refractivity contribution in [1.29, 1.82) is 0 Å². The zero-order valence-corrected chi connectivity index (χ0v) is 25.7. The SMILES string of the molecule is CCCCCCCCCCCCCCCCCC[N+](C)(C)CCC[Si](OOC)(OOC)OOC.[Cl-]. The Morgan fingerprint density at radius 3 is 1.14 bits per heavy atom. The van der Waals surface area contributed by atoms with Gasteiger partial charge in [0.15, 0.2) is 0 Å². The second kappa shape index (κ2) is 25.9. The Hall–Kier alpha value is 0.227. The van der Waals surface area contributed by atoms with Crippen molar-refractivity contribution in [3.8, 4) is 0 Å². The van der Waals surface area contributed by atoms with E-state index in [1.165, 1.54) is 131 Å². The van der Waals surface area contributed by atoms with Gasteiger partial charge < -0.3 is 16.9 Å². The third kappa shape index (κ3) is 23.1. The highest BCUT2D eigenvalue weighted by atomic mass is 35.5. The van der Waals surface area contributed by atoms with Crippen LogP contribution >= 0.6 is 0 Å². The second-order valence-corrected chi connectivity index (χ2v) is 12.6. The average molecular weight is 544 g/mol. The van der Waals surface area contributed by atoms with E-state index in [-0.39, 0.29) is 12.4 Å². The van der Waals surface area contributed by atoms with E-state index in [0.717, 1.165) is 17.4 Å². The molecule has 0 saturated heterocycles. The Bertz CT molecular complexity index is 418. The number of hydrogen-bond donors (Lipinski definition) is 0. The smallest absolute Gasteiger partial charge is 0.584 e. The predicted octanol–water partition coefficient (Wildman–Crippen LogP) is 4.39. The first-order valence-electron chi connectivity index (χ1n) is 13.9. The molecule has 0 unspecified atom stereocenters. The zero-order valence-electron chi connectivity index (χ0n) is 23.9. The molecular formula is C26H58ClNO6Si. The van der Waals surface area contributed by atoms with E-state index in [9.17, 15) is 0 Å². The van der Waals surface area contributed by atoms with Crippen molar-refractivity contribution in [2.45, 2.75) is 122 Å². The van der Waals surface area contributed by atoms with Crippen molar-refractivity contribution in [3.63, 3.8) is 0 Å². The third-order valence-corrected chi connectivity index (χ3v) is 8.72. The molecule has 0 N–H and O–H groups in total. The number of rotatable bonds is 27. The highest BCUT2D eigenvalue weighted by molar-refractivity contribution is 6.59. The van der Waals surface area contributed by atoms with Gasteiger partial charge in [-0.05, 0) is 12.8 Å². The summed E-state index contributed by atoms with van der Waals surface area (Å²) in [7, 11) is 5.69. The van der Waals surface area contributed by atoms with Gasteiger partial charge in [-0.15, -0.1) is 0 Å². The fraction of sp³-hybridized carbons (Fsp3) is 1.00. The minimum absolute atomic E-state index is 0. The van der Waals surface area contributed by atoms with E-state index >= 15 is 0 Å². The van der Waals surface area contributed by atoms with Crippen molar-refractivity contribution in [2.75, 3.05) is 48.5 Å². The molecule has 7 nitrogen and oxygen atoms in total. The molecular weight excluding hydrogens is 486 g/mol. The zero-order chi connectivity index (χ0) is 25.4. The first-order chi connectivity index (χ1) is 16.4. The number of unbranched alkanes of at least 4 members (excludes halogenated alkanes) is 15. The molecule has 0 bridgehead atoms. The summed E-state index contributed by atoms with van der Waals surface area (Å²) < 4.78 is 16.7. The highest BCUT2D eigenvalue weighted by Gasteiger charge is 2.46. The first-order valence-corrected chi connectivity index (χ1v) is 15.9. The maximum Gasteiger partial charge on any atom is 0.584 e. The van der Waals surface area contributed by atoms with Crippen molar-refractivity contribution in [3.05, 3.63) is 0 Å². The Balaban J connectivity index is 0. The van der Waals surface area contributed by atoms with E-state index < -0.39 is 8.80 Å². The lowest BCUT2D eigenvalue weighted by atomic mass is 10.0. The lowest BCUT2D eigenvalue weighted by Gasteiger charge is -2.31. The van der Waals surface area contributed by atoms with Crippen LogP contribution in [0.2, 0.25) is 6.04 Å². The van der Waals surface area contributed by atoms with Crippen molar-refractivity contribution < 1.29 is 45.3 Å². The van der Waals surface area contributed by atoms with Crippen molar-refractivity contribution in [1.82, 2.24) is 0 Å². The summed E-state index contributed by atoms with van der Waals surface area (Å²) in [6.07, 6.45) is 23.3. The molecule has 0 heterocycles. The molecule has 0 aromatic rings. The van der Waals surface area contributed by atoms with Gasteiger partial charge in [0.1, 0.15) is 0 Å². The van der Waals surface area contributed by atoms with Gasteiger partial charge in [-0.3, -0.25) is 0 Å². The molecule has 0 atom stereocenters. The Kier molecular flexibility index (Phi) is 27.6. The fourth-order valence-corrected chi connectivity index (χ4v) is 6.16. The van der Waals surface area contributed by atoms with Gasteiger partial charge in [-0.25, -0.2) is 28.4 Å². The lowest BCUT2D eigenvalue weighted by Crippen LogP contribution is -3.00. The van der Waals surface area contributed by atoms with Crippen LogP contribution in [0.1, 0.15) is 116 Å². The molecule has 0 aliphatic rings.